The lowest BCUT2D eigenvalue weighted by Crippen LogP contribution is -2.10. The third kappa shape index (κ3) is 1.57. The van der Waals surface area contributed by atoms with Crippen LogP contribution in [0.3, 0.4) is 0 Å². The Balaban J connectivity index is 2.16. The first-order valence-corrected chi connectivity index (χ1v) is 5.22. The number of nitrogen functional groups attached to an aromatic ring is 1. The average molecular weight is 225 g/mol. The molecule has 17 heavy (non-hydrogen) atoms. The molecule has 3 rings (SSSR count). The number of rotatable bonds is 2. The molecule has 0 amide bonds. The Labute approximate surface area is 97.2 Å². The van der Waals surface area contributed by atoms with Crippen LogP contribution in [0.4, 0.5) is 0 Å². The molecule has 0 aliphatic heterocycles. The van der Waals surface area contributed by atoms with Gasteiger partial charge in [0, 0.05) is 11.8 Å². The number of H-pyrrole nitrogens is 2. The lowest BCUT2D eigenvalue weighted by atomic mass is 10.2. The van der Waals surface area contributed by atoms with Crippen LogP contribution < -0.4 is 5.73 Å². The monoisotopic (exact) mass is 225 g/mol. The van der Waals surface area contributed by atoms with Gasteiger partial charge in [0.15, 0.2) is 5.82 Å². The first-order valence-electron chi connectivity index (χ1n) is 5.22. The molecule has 0 saturated heterocycles. The lowest BCUT2D eigenvalue weighted by molar-refractivity contribution is 1.27. The Morgan fingerprint density at radius 1 is 1.29 bits per heavy atom. The van der Waals surface area contributed by atoms with Crippen LogP contribution in [0.5, 0.6) is 0 Å². The Bertz CT molecular complexity index is 678. The van der Waals surface area contributed by atoms with Gasteiger partial charge in [-0.2, -0.15) is 0 Å². The molecular weight excluding hydrogens is 214 g/mol. The molecule has 2 aromatic heterocycles. The van der Waals surface area contributed by atoms with E-state index in [2.05, 4.69) is 15.0 Å². The fourth-order valence-corrected chi connectivity index (χ4v) is 1.78. The maximum absolute atomic E-state index is 7.39. The van der Waals surface area contributed by atoms with Crippen molar-refractivity contribution in [3.05, 3.63) is 42.1 Å². The summed E-state index contributed by atoms with van der Waals surface area (Å²) >= 11 is 0. The normalized spacial score (nSPS) is 10.8. The molecule has 5 N–H and O–H groups in total. The summed E-state index contributed by atoms with van der Waals surface area (Å²) in [6.45, 7) is 0. The number of nitrogens with two attached hydrogens (primary N) is 1. The molecule has 0 aliphatic rings. The third-order valence-corrected chi connectivity index (χ3v) is 2.65. The number of fused-ring (bicyclic) bond motifs is 1. The second-order valence-corrected chi connectivity index (χ2v) is 3.81. The standard InChI is InChI=1S/C12H11N5/c13-11(14)7-3-4-8-10(6-7)17-12(16-8)9-2-1-5-15-9/h1-6,15H,(H3,13,14)(H,16,17). The predicted molar refractivity (Wildman–Crippen MR) is 66.9 cm³/mol. The van der Waals surface area contributed by atoms with Crippen LogP contribution in [-0.4, -0.2) is 20.8 Å². The quantitative estimate of drug-likeness (QED) is 0.395. The number of aromatic amines is 2. The molecule has 0 spiro atoms. The van der Waals surface area contributed by atoms with E-state index in [1.54, 1.807) is 12.1 Å². The number of amidine groups is 1. The van der Waals surface area contributed by atoms with Gasteiger partial charge in [-0.05, 0) is 30.3 Å². The molecule has 0 fully saturated rings. The summed E-state index contributed by atoms with van der Waals surface area (Å²) in [4.78, 5) is 10.8. The summed E-state index contributed by atoms with van der Waals surface area (Å²) in [5.41, 5.74) is 8.80. The van der Waals surface area contributed by atoms with E-state index in [1.165, 1.54) is 0 Å². The van der Waals surface area contributed by atoms with Crippen LogP contribution in [0.15, 0.2) is 36.5 Å². The van der Waals surface area contributed by atoms with Gasteiger partial charge in [-0.25, -0.2) is 4.98 Å². The minimum absolute atomic E-state index is 0.0522. The second kappa shape index (κ2) is 3.48. The van der Waals surface area contributed by atoms with E-state index >= 15 is 0 Å². The Morgan fingerprint density at radius 2 is 2.18 bits per heavy atom. The van der Waals surface area contributed by atoms with Crippen LogP contribution in [0.25, 0.3) is 22.6 Å². The van der Waals surface area contributed by atoms with Gasteiger partial charge >= 0.3 is 0 Å². The molecule has 0 saturated carbocycles. The van der Waals surface area contributed by atoms with Gasteiger partial charge in [0.2, 0.25) is 0 Å². The number of benzene rings is 1. The van der Waals surface area contributed by atoms with Crippen molar-refractivity contribution in [1.82, 2.24) is 15.0 Å². The van der Waals surface area contributed by atoms with Crippen LogP contribution in [0.2, 0.25) is 0 Å². The van der Waals surface area contributed by atoms with E-state index in [4.69, 9.17) is 11.1 Å². The molecule has 5 heteroatoms. The van der Waals surface area contributed by atoms with Crippen molar-refractivity contribution >= 4 is 16.9 Å². The maximum atomic E-state index is 7.39. The summed E-state index contributed by atoms with van der Waals surface area (Å²) in [6.07, 6.45) is 1.85. The van der Waals surface area contributed by atoms with Crippen molar-refractivity contribution in [1.29, 1.82) is 5.41 Å². The molecule has 1 aromatic carbocycles. The van der Waals surface area contributed by atoms with E-state index in [0.29, 0.717) is 5.56 Å². The third-order valence-electron chi connectivity index (χ3n) is 2.65. The van der Waals surface area contributed by atoms with Gasteiger partial charge in [-0.1, -0.05) is 0 Å². The van der Waals surface area contributed by atoms with Gasteiger partial charge in [-0.3, -0.25) is 5.41 Å². The van der Waals surface area contributed by atoms with Crippen LogP contribution >= 0.6 is 0 Å². The van der Waals surface area contributed by atoms with Gasteiger partial charge in [0.25, 0.3) is 0 Å². The predicted octanol–water partition coefficient (Wildman–Crippen LogP) is 1.84. The summed E-state index contributed by atoms with van der Waals surface area (Å²) in [6, 6.07) is 9.36. The number of nitrogens with one attached hydrogen (secondary N) is 3. The maximum Gasteiger partial charge on any atom is 0.154 e. The Morgan fingerprint density at radius 3 is 2.88 bits per heavy atom. The second-order valence-electron chi connectivity index (χ2n) is 3.81. The Kier molecular flexibility index (Phi) is 1.98. The first-order chi connectivity index (χ1) is 8.24. The fourth-order valence-electron chi connectivity index (χ4n) is 1.78. The highest BCUT2D eigenvalue weighted by molar-refractivity contribution is 5.98. The van der Waals surface area contributed by atoms with E-state index in [9.17, 15) is 0 Å². The number of hydrogen-bond acceptors (Lipinski definition) is 2. The number of nitrogens with zero attached hydrogens (tertiary/aromatic N) is 1. The zero-order chi connectivity index (χ0) is 11.8. The Hall–Kier alpha value is -2.56. The van der Waals surface area contributed by atoms with Crippen molar-refractivity contribution in [2.24, 2.45) is 5.73 Å². The SMILES string of the molecule is N=C(N)c1ccc2[nH]c(-c3ccc[nH]3)nc2c1. The highest BCUT2D eigenvalue weighted by Crippen LogP contribution is 2.19. The van der Waals surface area contributed by atoms with E-state index in [-0.39, 0.29) is 5.84 Å². The number of imidazole rings is 1. The van der Waals surface area contributed by atoms with Crippen molar-refractivity contribution < 1.29 is 0 Å². The summed E-state index contributed by atoms with van der Waals surface area (Å²) in [5, 5.41) is 7.39. The van der Waals surface area contributed by atoms with Gasteiger partial charge < -0.3 is 15.7 Å². The largest absolute Gasteiger partial charge is 0.384 e. The van der Waals surface area contributed by atoms with Gasteiger partial charge in [0.1, 0.15) is 5.84 Å². The molecule has 0 atom stereocenters. The zero-order valence-corrected chi connectivity index (χ0v) is 8.99. The topological polar surface area (TPSA) is 94.3 Å². The molecule has 3 aromatic rings. The van der Waals surface area contributed by atoms with Crippen LogP contribution in [-0.2, 0) is 0 Å². The van der Waals surface area contributed by atoms with E-state index in [1.807, 2.05) is 24.4 Å². The number of aromatic nitrogens is 3. The smallest absolute Gasteiger partial charge is 0.154 e. The van der Waals surface area contributed by atoms with Gasteiger partial charge in [-0.15, -0.1) is 0 Å². The lowest BCUT2D eigenvalue weighted by Gasteiger charge is -1.95. The van der Waals surface area contributed by atoms with Crippen molar-refractivity contribution in [3.63, 3.8) is 0 Å². The molecule has 2 heterocycles. The minimum Gasteiger partial charge on any atom is -0.384 e. The van der Waals surface area contributed by atoms with Crippen LogP contribution in [0.1, 0.15) is 5.56 Å². The summed E-state index contributed by atoms with van der Waals surface area (Å²) in [7, 11) is 0. The highest BCUT2D eigenvalue weighted by Gasteiger charge is 2.06. The van der Waals surface area contributed by atoms with Crippen molar-refractivity contribution in [3.8, 4) is 11.5 Å². The minimum atomic E-state index is 0.0522. The molecule has 0 bridgehead atoms. The van der Waals surface area contributed by atoms with E-state index in [0.717, 1.165) is 22.6 Å². The highest BCUT2D eigenvalue weighted by atomic mass is 14.9. The molecular formula is C12H11N5. The van der Waals surface area contributed by atoms with Crippen molar-refractivity contribution in [2.75, 3.05) is 0 Å². The summed E-state index contributed by atoms with van der Waals surface area (Å²) < 4.78 is 0. The summed E-state index contributed by atoms with van der Waals surface area (Å²) in [5.74, 6) is 0.835. The average Bonchev–Trinajstić information content (AvgIpc) is 2.96. The molecule has 84 valence electrons. The molecule has 0 aliphatic carbocycles. The molecule has 0 radical (unpaired) electrons. The van der Waals surface area contributed by atoms with Gasteiger partial charge in [0.05, 0.1) is 16.7 Å². The number of hydrogen-bond donors (Lipinski definition) is 4. The first kappa shape index (κ1) is 9.65. The van der Waals surface area contributed by atoms with Crippen molar-refractivity contribution in [2.45, 2.75) is 0 Å². The zero-order valence-electron chi connectivity index (χ0n) is 8.99. The van der Waals surface area contributed by atoms with E-state index < -0.39 is 0 Å². The van der Waals surface area contributed by atoms with Crippen LogP contribution in [0, 0.1) is 5.41 Å². The fraction of sp³-hybridized carbons (Fsp3) is 0. The molecule has 5 nitrogen and oxygen atoms in total. The molecule has 0 unspecified atom stereocenters.